The lowest BCUT2D eigenvalue weighted by Gasteiger charge is -2.25. The molecule has 20 nitrogen and oxygen atoms in total. The van der Waals surface area contributed by atoms with Crippen LogP contribution in [0.5, 0.6) is 0 Å². The molecule has 2 aliphatic heterocycles. The molecule has 3 fully saturated rings. The highest BCUT2D eigenvalue weighted by atomic mass is 32.1. The molecule has 0 bridgehead atoms. The Morgan fingerprint density at radius 2 is 1.14 bits per heavy atom. The molecule has 782 valence electrons. The van der Waals surface area contributed by atoms with E-state index < -0.39 is 11.7 Å². The van der Waals surface area contributed by atoms with E-state index in [-0.39, 0.29) is 17.3 Å². The normalized spacial score (nSPS) is 13.7. The van der Waals surface area contributed by atoms with Crippen molar-refractivity contribution in [1.82, 2.24) is 77.7 Å². The van der Waals surface area contributed by atoms with Crippen LogP contribution >= 0.6 is 79.4 Å². The second-order valence-electron chi connectivity index (χ2n) is 36.8. The van der Waals surface area contributed by atoms with Crippen LogP contribution in [0.3, 0.4) is 0 Å². The van der Waals surface area contributed by atoms with Gasteiger partial charge in [0.05, 0.1) is 58.3 Å². The second-order valence-corrected chi connectivity index (χ2v) is 45.6. The first-order valence-electron chi connectivity index (χ1n) is 49.4. The lowest BCUT2D eigenvalue weighted by Crippen LogP contribution is -2.36. The van der Waals surface area contributed by atoms with Gasteiger partial charge in [0.25, 0.3) is 0 Å². The van der Waals surface area contributed by atoms with E-state index in [1.54, 1.807) is 81.3 Å². The maximum Gasteiger partial charge on any atom is 0.416 e. The van der Waals surface area contributed by atoms with Gasteiger partial charge in [-0.3, -0.25) is 14.6 Å². The number of rotatable bonds is 9. The summed E-state index contributed by atoms with van der Waals surface area (Å²) in [7, 11) is 3.66. The monoisotopic (exact) mass is 2100 g/mol. The van der Waals surface area contributed by atoms with Crippen molar-refractivity contribution in [1.29, 1.82) is 0 Å². The van der Waals surface area contributed by atoms with Crippen molar-refractivity contribution in [3.63, 3.8) is 0 Å². The first-order chi connectivity index (χ1) is 68.3. The van der Waals surface area contributed by atoms with Gasteiger partial charge in [-0.25, -0.2) is 44.7 Å². The molecule has 0 N–H and O–H groups in total. The number of carbonyl (C=O) groups excluding carboxylic acids is 1. The molecule has 18 heterocycles. The number of halogens is 3. The fourth-order valence-corrected chi connectivity index (χ4v) is 19.3. The van der Waals surface area contributed by atoms with Crippen molar-refractivity contribution in [3.8, 4) is 0 Å². The number of thiazole rings is 5. The molecule has 1 aliphatic carbocycles. The summed E-state index contributed by atoms with van der Waals surface area (Å²) in [5.74, 6) is 3.51. The van der Waals surface area contributed by atoms with Crippen LogP contribution in [-0.2, 0) is 40.3 Å². The fraction of sp³-hybridized carbons (Fsp3) is 0.456. The van der Waals surface area contributed by atoms with Crippen molar-refractivity contribution >= 4 is 113 Å². The van der Waals surface area contributed by atoms with E-state index in [9.17, 15) is 18.0 Å². The first-order valence-corrected chi connectivity index (χ1v) is 55.3. The van der Waals surface area contributed by atoms with E-state index in [0.717, 1.165) is 107 Å². The van der Waals surface area contributed by atoms with Gasteiger partial charge in [-0.15, -0.1) is 79.4 Å². The van der Waals surface area contributed by atoms with Crippen LogP contribution in [0.15, 0.2) is 200 Å². The molecule has 17 aromatic rings. The Kier molecular flexibility index (Phi) is 56.2. The van der Waals surface area contributed by atoms with Gasteiger partial charge in [0, 0.05) is 189 Å². The summed E-state index contributed by atoms with van der Waals surface area (Å²) in [6, 6.07) is 39.7. The molecule has 30 heteroatoms. The Labute approximate surface area is 885 Å². The van der Waals surface area contributed by atoms with E-state index >= 15 is 0 Å². The number of fused-ring (bicyclic) bond motifs is 5. The average Bonchev–Trinajstić information content (AvgIpc) is 1.59. The summed E-state index contributed by atoms with van der Waals surface area (Å²) < 4.78 is 60.9. The van der Waals surface area contributed by atoms with Crippen molar-refractivity contribution in [2.75, 3.05) is 33.4 Å². The molecule has 20 rings (SSSR count). The standard InChI is InChI=1S/C11H19NO2.2C9H10N2.C8H8N2.C8H7NS.C8H13NS.C7H6F3N.C7H11NS.C7H9N.C7H14O.C6H9NS.2C6H8S.C5H8N2.C5H7NS.C5H12O/c1-7-8-5-12(6-9(7)8)10(13)14-11(2,3)4;1-7-3-4-9-10-5-8(2)11(9)6-7;1-7-4-3-5-9-10-6-8(2)11(7)9;1-7-6-9-8-4-2-3-5-10(7)8;1-6-9-7-4-2-3-5-8(7)10-6;1-4-7-5-10-8(9-7)6(2)3;1-5-4-11-3-2-6(5)7(8,9)10;1-5(2)7-8-4-6(3)9-7;1-2-7-5-3-4-6-8-7;1-2-4-7-5-3-6-8-7;1-4-5(2)8-6(3)7-4;1-5-3-4-7-6(5)2;1-5-3-4-6(2)7-5;1-5-3-4-6-7(5)2;1-4-3-6-5(2)7-4;1-3-4-5-6-2/h7-9H,5-6H2,1-4H3;2*3-6H,1-2H3;2-6H,1H3;2-5H,1H3;5-6H,4H2,1-3H3;2-4H,1H3;4-5H,1-3H3;3-6H,2H2,1H3;7H,2-6H2,1H3;1-3H3;3*3-4H,1-2H3;3H,1-2H3;3-5H2,1-2H3. The third-order valence-corrected chi connectivity index (χ3v) is 29.3. The predicted molar refractivity (Wildman–Crippen MR) is 606 cm³/mol. The number of para-hydroxylation sites is 1. The SMILES string of the molecule is CC1C2CN(C(=O)OC(C)(C)C)CC12.CCCC1CCCO1.CCCCOC.CCc1ccccn1.CCc1csc(C(C)C)n1.Cc1ccc(C)s1.Cc1ccc2ncc(C)n2c1.Cc1cccc2ncc(C)n12.Cc1ccnn1C.Cc1ccsc1C.Cc1cnc(C(C)C)s1.Cc1cnc(C)s1.Cc1cnc2ccccn12.Cc1cnccc1C(F)(F)F.Cc1nc(C)c(C)s1.Cc1nc2ccccc2s1. The molecule has 3 atom stereocenters. The van der Waals surface area contributed by atoms with Crippen LogP contribution in [0, 0.1) is 142 Å². The number of unbranched alkanes of at least 4 members (excludes halogenated alkanes) is 1. The van der Waals surface area contributed by atoms with Gasteiger partial charge in [0.2, 0.25) is 0 Å². The maximum absolute atomic E-state index is 12.0. The van der Waals surface area contributed by atoms with Crippen molar-refractivity contribution in [3.05, 3.63) is 322 Å². The third-order valence-electron chi connectivity index (χ3n) is 22.3. The van der Waals surface area contributed by atoms with E-state index in [1.165, 1.54) is 152 Å². The summed E-state index contributed by atoms with van der Waals surface area (Å²) in [5, 5.41) is 14.2. The van der Waals surface area contributed by atoms with Gasteiger partial charge in [-0.2, -0.15) is 18.3 Å². The number of aryl methyl sites for hydroxylation is 21. The molecule has 1 aromatic carbocycles. The number of amides is 1. The Morgan fingerprint density at radius 1 is 0.521 bits per heavy atom. The van der Waals surface area contributed by atoms with Crippen molar-refractivity contribution in [2.24, 2.45) is 24.8 Å². The number of methoxy groups -OCH3 is 1. The highest BCUT2D eigenvalue weighted by Crippen LogP contribution is 2.51. The summed E-state index contributed by atoms with van der Waals surface area (Å²) in [5.41, 5.74) is 15.6. The molecule has 1 saturated carbocycles. The third kappa shape index (κ3) is 47.0. The molecule has 0 spiro atoms. The maximum atomic E-state index is 12.0. The molecule has 3 aliphatic rings. The topological polar surface area (TPSA) is 208 Å². The molecule has 1 amide bonds. The van der Waals surface area contributed by atoms with Crippen LogP contribution in [0.2, 0.25) is 0 Å². The predicted octanol–water partition coefficient (Wildman–Crippen LogP) is 32.4. The molecule has 0 radical (unpaired) electrons. The zero-order chi connectivity index (χ0) is 107. The van der Waals surface area contributed by atoms with Gasteiger partial charge in [-0.05, 0) is 309 Å². The zero-order valence-electron chi connectivity index (χ0n) is 91.3. The summed E-state index contributed by atoms with van der Waals surface area (Å²) in [6.45, 7) is 65.6. The van der Waals surface area contributed by atoms with Gasteiger partial charge in [0.1, 0.15) is 22.5 Å². The van der Waals surface area contributed by atoms with Crippen LogP contribution in [-0.4, -0.2) is 129 Å². The smallest absolute Gasteiger partial charge is 0.416 e. The highest BCUT2D eigenvalue weighted by Gasteiger charge is 2.54. The van der Waals surface area contributed by atoms with E-state index in [0.29, 0.717) is 17.9 Å². The number of ether oxygens (including phenoxy) is 3. The Bertz CT molecular complexity index is 6170. The minimum Gasteiger partial charge on any atom is -0.444 e. The number of nitrogens with zero attached hydrogens (tertiary/aromatic N) is 16. The van der Waals surface area contributed by atoms with E-state index in [4.69, 9.17) is 14.2 Å². The van der Waals surface area contributed by atoms with Gasteiger partial charge >= 0.3 is 12.3 Å². The number of alkyl halides is 3. The second kappa shape index (κ2) is 65.2. The largest absolute Gasteiger partial charge is 0.444 e. The van der Waals surface area contributed by atoms with Crippen LogP contribution in [0.25, 0.3) is 27.2 Å². The quantitative estimate of drug-likeness (QED) is 0.123. The van der Waals surface area contributed by atoms with Crippen LogP contribution in [0.4, 0.5) is 18.0 Å². The number of imidazole rings is 3. The van der Waals surface area contributed by atoms with Crippen molar-refractivity contribution < 1.29 is 32.2 Å². The van der Waals surface area contributed by atoms with Gasteiger partial charge in [-0.1, -0.05) is 112 Å². The lowest BCUT2D eigenvalue weighted by atomic mass is 10.1. The first kappa shape index (κ1) is 124. The number of piperidine rings is 1. The molecule has 144 heavy (non-hydrogen) atoms. The molecule has 2 saturated heterocycles. The van der Waals surface area contributed by atoms with Crippen LogP contribution < -0.4 is 0 Å². The molecule has 3 unspecified atom stereocenters. The highest BCUT2D eigenvalue weighted by molar-refractivity contribution is 7.18. The number of benzene rings is 1. The minimum absolute atomic E-state index is 0.142. The summed E-state index contributed by atoms with van der Waals surface area (Å²) in [6.07, 6.45) is 25.3. The Hall–Kier alpha value is -10.4. The summed E-state index contributed by atoms with van der Waals surface area (Å²) >= 11 is 12.4. The Balaban J connectivity index is 0.000000272. The summed E-state index contributed by atoms with van der Waals surface area (Å²) in [4.78, 5) is 63.2. The number of carbonyl (C=O) groups is 1. The molecule has 16 aromatic heterocycles. The van der Waals surface area contributed by atoms with E-state index in [2.05, 4.69) is 260 Å². The fourth-order valence-electron chi connectivity index (χ4n) is 13.8. The lowest BCUT2D eigenvalue weighted by molar-refractivity contribution is -0.138. The number of likely N-dealkylation sites (tertiary alicyclic amines) is 1. The Morgan fingerprint density at radius 3 is 1.55 bits per heavy atom. The van der Waals surface area contributed by atoms with Gasteiger partial charge < -0.3 is 32.3 Å². The van der Waals surface area contributed by atoms with E-state index in [1.807, 2.05) is 213 Å². The zero-order valence-corrected chi connectivity index (χ0v) is 97.0. The van der Waals surface area contributed by atoms with Gasteiger partial charge in [0.15, 0.2) is 0 Å². The number of hydrogen-bond donors (Lipinski definition) is 0. The number of thiophene rings is 2. The number of hydrogen-bond acceptors (Lipinski definition) is 22. The number of aromatic nitrogens is 15. The van der Waals surface area contributed by atoms with Crippen LogP contribution in [0.1, 0.15) is 256 Å². The molecular formula is C114H159F3N16O4S7. The number of pyridine rings is 5. The minimum atomic E-state index is -4.26. The molecular weight excluding hydrogens is 1940 g/mol. The average molecular weight is 2100 g/mol. The van der Waals surface area contributed by atoms with Crippen molar-refractivity contribution in [2.45, 2.75) is 289 Å².